The second-order valence-corrected chi connectivity index (χ2v) is 4.98. The van der Waals surface area contributed by atoms with Crippen molar-refractivity contribution in [3.05, 3.63) is 65.5 Å². The molecule has 0 aliphatic heterocycles. The molecule has 0 bridgehead atoms. The van der Waals surface area contributed by atoms with Crippen LogP contribution in [0.3, 0.4) is 0 Å². The first-order valence-electron chi connectivity index (χ1n) is 6.88. The van der Waals surface area contributed by atoms with Crippen LogP contribution in [-0.2, 0) is 17.4 Å². The van der Waals surface area contributed by atoms with E-state index in [9.17, 15) is 27.9 Å². The van der Waals surface area contributed by atoms with E-state index in [1.807, 2.05) is 0 Å². The number of nitrogens with one attached hydrogen (secondary N) is 1. The molecule has 1 atom stereocenters. The molecule has 1 aromatic carbocycles. The van der Waals surface area contributed by atoms with E-state index in [0.717, 1.165) is 12.1 Å². The normalized spacial score (nSPS) is 12.5. The van der Waals surface area contributed by atoms with Gasteiger partial charge in [-0.3, -0.25) is 9.78 Å². The van der Waals surface area contributed by atoms with Gasteiger partial charge in [-0.2, -0.15) is 13.2 Å². The predicted octanol–water partition coefficient (Wildman–Crippen LogP) is 2.53. The molecule has 0 aliphatic rings. The van der Waals surface area contributed by atoms with Crippen molar-refractivity contribution in [3.63, 3.8) is 0 Å². The minimum Gasteiger partial charge on any atom is -0.480 e. The molecule has 2 rings (SSSR count). The van der Waals surface area contributed by atoms with Gasteiger partial charge in [0.1, 0.15) is 11.7 Å². The molecule has 1 heterocycles. The number of hydrogen-bond acceptors (Lipinski definition) is 3. The Labute approximate surface area is 135 Å². The summed E-state index contributed by atoms with van der Waals surface area (Å²) in [5.41, 5.74) is -0.578. The highest BCUT2D eigenvalue weighted by Gasteiger charge is 2.31. The fourth-order valence-corrected chi connectivity index (χ4v) is 1.98. The number of pyridine rings is 1. The smallest absolute Gasteiger partial charge is 0.417 e. The molecule has 1 amide bonds. The molecule has 0 saturated carbocycles. The number of halogens is 3. The highest BCUT2D eigenvalue weighted by atomic mass is 19.4. The number of amides is 1. The van der Waals surface area contributed by atoms with Crippen molar-refractivity contribution in [2.45, 2.75) is 18.6 Å². The van der Waals surface area contributed by atoms with Crippen molar-refractivity contribution in [1.29, 1.82) is 0 Å². The maximum Gasteiger partial charge on any atom is 0.417 e. The van der Waals surface area contributed by atoms with E-state index in [1.165, 1.54) is 0 Å². The second-order valence-electron chi connectivity index (χ2n) is 4.98. The van der Waals surface area contributed by atoms with Gasteiger partial charge in [0, 0.05) is 12.6 Å². The number of hydrogen-bond donors (Lipinski definition) is 2. The third-order valence-corrected chi connectivity index (χ3v) is 3.21. The fraction of sp³-hybridized carbons (Fsp3) is 0.188. The Balaban J connectivity index is 2.09. The first-order chi connectivity index (χ1) is 11.3. The van der Waals surface area contributed by atoms with E-state index in [2.05, 4.69) is 10.3 Å². The lowest BCUT2D eigenvalue weighted by Gasteiger charge is -2.14. The lowest BCUT2D eigenvalue weighted by atomic mass is 10.1. The molecule has 0 radical (unpaired) electrons. The average Bonchev–Trinajstić information content (AvgIpc) is 2.54. The SMILES string of the molecule is O=C(N[C@H](Cc1ccccc1)C(=O)O)c1ccc(C(F)(F)F)cn1. The molecule has 0 saturated heterocycles. The summed E-state index contributed by atoms with van der Waals surface area (Å²) in [5.74, 6) is -2.11. The lowest BCUT2D eigenvalue weighted by molar-refractivity contribution is -0.139. The number of carbonyl (C=O) groups excluding carboxylic acids is 1. The van der Waals surface area contributed by atoms with E-state index in [0.29, 0.717) is 11.8 Å². The summed E-state index contributed by atoms with van der Waals surface area (Å²) in [4.78, 5) is 26.7. The molecule has 5 nitrogen and oxygen atoms in total. The van der Waals surface area contributed by atoms with E-state index < -0.39 is 29.7 Å². The molecule has 126 valence electrons. The number of nitrogens with zero attached hydrogens (tertiary/aromatic N) is 1. The zero-order valence-electron chi connectivity index (χ0n) is 12.2. The monoisotopic (exact) mass is 338 g/mol. The Hall–Kier alpha value is -2.90. The van der Waals surface area contributed by atoms with Crippen molar-refractivity contribution in [1.82, 2.24) is 10.3 Å². The van der Waals surface area contributed by atoms with Crippen LogP contribution in [0.5, 0.6) is 0 Å². The van der Waals surface area contributed by atoms with Crippen LogP contribution in [0.4, 0.5) is 13.2 Å². The van der Waals surface area contributed by atoms with E-state index in [1.54, 1.807) is 30.3 Å². The summed E-state index contributed by atoms with van der Waals surface area (Å²) < 4.78 is 37.4. The number of aromatic nitrogens is 1. The molecular formula is C16H13F3N2O3. The molecule has 24 heavy (non-hydrogen) atoms. The molecule has 1 aromatic heterocycles. The maximum absolute atomic E-state index is 12.5. The molecule has 0 aliphatic carbocycles. The van der Waals surface area contributed by atoms with Gasteiger partial charge in [0.25, 0.3) is 5.91 Å². The highest BCUT2D eigenvalue weighted by Crippen LogP contribution is 2.28. The lowest BCUT2D eigenvalue weighted by Crippen LogP contribution is -2.42. The molecular weight excluding hydrogens is 325 g/mol. The number of carboxylic acids is 1. The summed E-state index contributed by atoms with van der Waals surface area (Å²) in [7, 11) is 0. The molecule has 0 fully saturated rings. The van der Waals surface area contributed by atoms with Gasteiger partial charge in [0.15, 0.2) is 0 Å². The third-order valence-electron chi connectivity index (χ3n) is 3.21. The highest BCUT2D eigenvalue weighted by molar-refractivity contribution is 5.95. The largest absolute Gasteiger partial charge is 0.480 e. The van der Waals surface area contributed by atoms with Crippen LogP contribution in [-0.4, -0.2) is 28.0 Å². The van der Waals surface area contributed by atoms with Crippen LogP contribution in [0.25, 0.3) is 0 Å². The first-order valence-corrected chi connectivity index (χ1v) is 6.88. The zero-order chi connectivity index (χ0) is 17.7. The van der Waals surface area contributed by atoms with Crippen LogP contribution < -0.4 is 5.32 Å². The van der Waals surface area contributed by atoms with E-state index >= 15 is 0 Å². The Bertz CT molecular complexity index is 716. The minimum absolute atomic E-state index is 0.0442. The van der Waals surface area contributed by atoms with Crippen LogP contribution in [0.1, 0.15) is 21.6 Å². The quantitative estimate of drug-likeness (QED) is 0.878. The first kappa shape index (κ1) is 17.5. The summed E-state index contributed by atoms with van der Waals surface area (Å²) in [6, 6.07) is 9.04. The number of alkyl halides is 3. The summed E-state index contributed by atoms with van der Waals surface area (Å²) in [6.07, 6.45) is -3.98. The van der Waals surface area contributed by atoms with Crippen molar-refractivity contribution in [3.8, 4) is 0 Å². The molecule has 0 unspecified atom stereocenters. The van der Waals surface area contributed by atoms with Crippen LogP contribution in [0.15, 0.2) is 48.7 Å². The van der Waals surface area contributed by atoms with Gasteiger partial charge in [-0.15, -0.1) is 0 Å². The Morgan fingerprint density at radius 3 is 2.29 bits per heavy atom. The third kappa shape index (κ3) is 4.55. The van der Waals surface area contributed by atoms with Crippen LogP contribution in [0.2, 0.25) is 0 Å². The number of rotatable bonds is 5. The average molecular weight is 338 g/mol. The standard InChI is InChI=1S/C16H13F3N2O3/c17-16(18,19)11-6-7-12(20-9-11)14(22)21-13(15(23)24)8-10-4-2-1-3-5-10/h1-7,9,13H,8H2,(H,21,22)(H,23,24)/t13-/m1/s1. The summed E-state index contributed by atoms with van der Waals surface area (Å²) in [5, 5.41) is 11.5. The number of carbonyl (C=O) groups is 2. The Kier molecular flexibility index (Phi) is 5.18. The molecule has 2 aromatic rings. The summed E-state index contributed by atoms with van der Waals surface area (Å²) >= 11 is 0. The minimum atomic E-state index is -4.56. The predicted molar refractivity (Wildman–Crippen MR) is 78.3 cm³/mol. The number of aliphatic carboxylic acids is 1. The Morgan fingerprint density at radius 2 is 1.79 bits per heavy atom. The van der Waals surface area contributed by atoms with Crippen LogP contribution in [0, 0.1) is 0 Å². The molecule has 0 spiro atoms. The van der Waals surface area contributed by atoms with Crippen molar-refractivity contribution < 1.29 is 27.9 Å². The zero-order valence-corrected chi connectivity index (χ0v) is 12.2. The van der Waals surface area contributed by atoms with Crippen molar-refractivity contribution >= 4 is 11.9 Å². The van der Waals surface area contributed by atoms with Crippen molar-refractivity contribution in [2.24, 2.45) is 0 Å². The van der Waals surface area contributed by atoms with Gasteiger partial charge >= 0.3 is 12.1 Å². The van der Waals surface area contributed by atoms with Crippen LogP contribution >= 0.6 is 0 Å². The second kappa shape index (κ2) is 7.12. The van der Waals surface area contributed by atoms with Gasteiger partial charge in [0.05, 0.1) is 5.56 Å². The number of carboxylic acid groups (broad SMARTS) is 1. The topological polar surface area (TPSA) is 79.3 Å². The Morgan fingerprint density at radius 1 is 1.12 bits per heavy atom. The van der Waals surface area contributed by atoms with E-state index in [-0.39, 0.29) is 12.1 Å². The van der Waals surface area contributed by atoms with Gasteiger partial charge in [-0.25, -0.2) is 4.79 Å². The summed E-state index contributed by atoms with van der Waals surface area (Å²) in [6.45, 7) is 0. The molecule has 8 heteroatoms. The van der Waals surface area contributed by atoms with E-state index in [4.69, 9.17) is 0 Å². The maximum atomic E-state index is 12.5. The fourth-order valence-electron chi connectivity index (χ4n) is 1.98. The molecule has 2 N–H and O–H groups in total. The number of benzene rings is 1. The van der Waals surface area contributed by atoms with Gasteiger partial charge in [-0.05, 0) is 17.7 Å². The van der Waals surface area contributed by atoms with Gasteiger partial charge < -0.3 is 10.4 Å². The van der Waals surface area contributed by atoms with Gasteiger partial charge in [0.2, 0.25) is 0 Å². The van der Waals surface area contributed by atoms with Crippen molar-refractivity contribution in [2.75, 3.05) is 0 Å². The van der Waals surface area contributed by atoms with Gasteiger partial charge in [-0.1, -0.05) is 30.3 Å².